The van der Waals surface area contributed by atoms with Crippen LogP contribution in [0.2, 0.25) is 0 Å². The molecular weight excluding hydrogens is 410 g/mol. The summed E-state index contributed by atoms with van der Waals surface area (Å²) in [4.78, 5) is 11.2. The van der Waals surface area contributed by atoms with Gasteiger partial charge >= 0.3 is 5.97 Å². The second-order valence-corrected chi connectivity index (χ2v) is 11.2. The van der Waals surface area contributed by atoms with Gasteiger partial charge in [0, 0.05) is 12.1 Å². The Hall–Kier alpha value is -2.08. The molecule has 0 aromatic heterocycles. The second-order valence-electron chi connectivity index (χ2n) is 9.31. The molecule has 3 aliphatic rings. The summed E-state index contributed by atoms with van der Waals surface area (Å²) < 4.78 is 33.2. The minimum absolute atomic E-state index is 0.0931. The molecule has 1 aromatic carbocycles. The molecule has 1 N–H and O–H groups in total. The molecule has 0 radical (unpaired) electrons. The molecule has 170 valence electrons. The fourth-order valence-electron chi connectivity index (χ4n) is 4.84. The molecule has 5 nitrogen and oxygen atoms in total. The molecule has 1 saturated carbocycles. The van der Waals surface area contributed by atoms with E-state index in [1.807, 2.05) is 30.3 Å². The van der Waals surface area contributed by atoms with Crippen LogP contribution in [0.25, 0.3) is 0 Å². The summed E-state index contributed by atoms with van der Waals surface area (Å²) in [5.41, 5.74) is 3.41. The van der Waals surface area contributed by atoms with Gasteiger partial charge in [0.25, 0.3) is 0 Å². The van der Waals surface area contributed by atoms with Crippen LogP contribution in [0.3, 0.4) is 0 Å². The van der Waals surface area contributed by atoms with Crippen LogP contribution in [0.1, 0.15) is 57.9 Å². The van der Waals surface area contributed by atoms with E-state index in [1.54, 1.807) is 0 Å². The molecule has 0 aliphatic heterocycles. The van der Waals surface area contributed by atoms with E-state index in [0.29, 0.717) is 24.7 Å². The van der Waals surface area contributed by atoms with E-state index in [0.717, 1.165) is 43.4 Å². The average molecular weight is 446 g/mol. The van der Waals surface area contributed by atoms with Crippen LogP contribution in [0, 0.1) is 17.3 Å². The zero-order chi connectivity index (χ0) is 22.5. The fraction of sp³-hybridized carbons (Fsp3) is 0.560. The lowest BCUT2D eigenvalue weighted by Crippen LogP contribution is -2.51. The molecule has 4 rings (SSSR count). The Bertz CT molecular complexity index is 932. The molecule has 1 aromatic rings. The first-order chi connectivity index (χ1) is 14.7. The Morgan fingerprint density at radius 2 is 1.97 bits per heavy atom. The number of rotatable bonds is 11. The van der Waals surface area contributed by atoms with Crippen LogP contribution in [0.5, 0.6) is 0 Å². The van der Waals surface area contributed by atoms with Crippen LogP contribution in [-0.4, -0.2) is 27.2 Å². The Morgan fingerprint density at radius 1 is 1.23 bits per heavy atom. The summed E-state index contributed by atoms with van der Waals surface area (Å²) in [5, 5.41) is 0. The number of esters is 1. The first-order valence-electron chi connectivity index (χ1n) is 11.2. The normalized spacial score (nSPS) is 22.3. The van der Waals surface area contributed by atoms with Crippen LogP contribution in [0.4, 0.5) is 0 Å². The van der Waals surface area contributed by atoms with Gasteiger partial charge in [-0.1, -0.05) is 56.3 Å². The third-order valence-electron chi connectivity index (χ3n) is 6.99. The summed E-state index contributed by atoms with van der Waals surface area (Å²) in [6.45, 7) is 4.60. The summed E-state index contributed by atoms with van der Waals surface area (Å²) in [5.74, 6) is 0.878. The molecule has 31 heavy (non-hydrogen) atoms. The highest BCUT2D eigenvalue weighted by molar-refractivity contribution is 7.89. The zero-order valence-corrected chi connectivity index (χ0v) is 19.7. The molecule has 1 fully saturated rings. The largest absolute Gasteiger partial charge is 0.469 e. The molecule has 0 unspecified atom stereocenters. The van der Waals surface area contributed by atoms with E-state index in [2.05, 4.69) is 35.5 Å². The van der Waals surface area contributed by atoms with Gasteiger partial charge in [0.1, 0.15) is 0 Å². The van der Waals surface area contributed by atoms with Crippen molar-refractivity contribution in [1.82, 2.24) is 4.72 Å². The summed E-state index contributed by atoms with van der Waals surface area (Å²) >= 11 is 0. The van der Waals surface area contributed by atoms with Crippen LogP contribution in [-0.2, 0) is 26.0 Å². The Morgan fingerprint density at radius 3 is 2.65 bits per heavy atom. The average Bonchev–Trinajstić information content (AvgIpc) is 2.75. The highest BCUT2D eigenvalue weighted by Crippen LogP contribution is 2.61. The van der Waals surface area contributed by atoms with E-state index in [-0.39, 0.29) is 17.1 Å². The first-order valence-corrected chi connectivity index (χ1v) is 12.9. The molecule has 3 aliphatic carbocycles. The fourth-order valence-corrected chi connectivity index (χ4v) is 6.04. The maximum absolute atomic E-state index is 12.8. The van der Waals surface area contributed by atoms with E-state index >= 15 is 0 Å². The molecule has 2 bridgehead atoms. The molecule has 0 heterocycles. The van der Waals surface area contributed by atoms with Crippen molar-refractivity contribution in [3.63, 3.8) is 0 Å². The van der Waals surface area contributed by atoms with Crippen molar-refractivity contribution in [2.24, 2.45) is 17.3 Å². The zero-order valence-electron chi connectivity index (χ0n) is 18.9. The molecule has 0 amide bonds. The van der Waals surface area contributed by atoms with E-state index in [1.165, 1.54) is 12.7 Å². The SMILES string of the molecule is COC(=O)CCCC=CCC1=C(NS(=O)(=O)CCc2ccccc2)C[C@H]2C[C@@H]1C2(C)C. The van der Waals surface area contributed by atoms with E-state index < -0.39 is 10.0 Å². The second kappa shape index (κ2) is 10.0. The van der Waals surface area contributed by atoms with Crippen molar-refractivity contribution in [2.75, 3.05) is 12.9 Å². The number of ether oxygens (including phenoxy) is 1. The lowest BCUT2D eigenvalue weighted by Gasteiger charge is -2.58. The van der Waals surface area contributed by atoms with Gasteiger partial charge in [-0.25, -0.2) is 8.42 Å². The number of carbonyl (C=O) groups excluding carboxylic acids is 1. The van der Waals surface area contributed by atoms with Gasteiger partial charge in [-0.05, 0) is 66.9 Å². The van der Waals surface area contributed by atoms with Crippen molar-refractivity contribution < 1.29 is 17.9 Å². The first kappa shape index (κ1) is 23.6. The number of nitrogens with one attached hydrogen (secondary N) is 1. The van der Waals surface area contributed by atoms with Crippen LogP contribution in [0.15, 0.2) is 53.8 Å². The van der Waals surface area contributed by atoms with Gasteiger partial charge in [0.2, 0.25) is 10.0 Å². The maximum atomic E-state index is 12.8. The molecule has 6 heteroatoms. The minimum Gasteiger partial charge on any atom is -0.469 e. The van der Waals surface area contributed by atoms with Gasteiger partial charge in [-0.2, -0.15) is 0 Å². The van der Waals surface area contributed by atoms with Crippen molar-refractivity contribution in [1.29, 1.82) is 0 Å². The monoisotopic (exact) mass is 445 g/mol. The van der Waals surface area contributed by atoms with Gasteiger partial charge in [0.05, 0.1) is 12.9 Å². The number of sulfonamides is 1. The third kappa shape index (κ3) is 6.00. The Labute approximate surface area is 187 Å². The molecule has 0 spiro atoms. The van der Waals surface area contributed by atoms with Gasteiger partial charge in [-0.15, -0.1) is 0 Å². The van der Waals surface area contributed by atoms with Crippen molar-refractivity contribution in [3.05, 3.63) is 59.3 Å². The maximum Gasteiger partial charge on any atom is 0.305 e. The number of allylic oxidation sites excluding steroid dienone is 4. The van der Waals surface area contributed by atoms with Crippen LogP contribution >= 0.6 is 0 Å². The lowest BCUT2D eigenvalue weighted by molar-refractivity contribution is -0.140. The number of benzene rings is 1. The van der Waals surface area contributed by atoms with Gasteiger partial charge in [-0.3, -0.25) is 9.52 Å². The highest BCUT2D eigenvalue weighted by Gasteiger charge is 2.53. The standard InChI is InChI=1S/C25H35NO4S/c1-25(2)20-17-22(25)21(13-9-4-5-10-14-24(27)30-3)23(18-20)26-31(28,29)16-15-19-11-7-6-8-12-19/h4,6-9,11-12,20,22,26H,5,10,13-18H2,1-3H3/t20-,22+/m1/s1. The van der Waals surface area contributed by atoms with Gasteiger partial charge < -0.3 is 4.74 Å². The highest BCUT2D eigenvalue weighted by atomic mass is 32.2. The molecule has 2 atom stereocenters. The number of fused-ring (bicyclic) bond motifs is 1. The number of methoxy groups -OCH3 is 1. The number of hydrogen-bond donors (Lipinski definition) is 1. The Balaban J connectivity index is 1.64. The van der Waals surface area contributed by atoms with Gasteiger partial charge in [0.15, 0.2) is 0 Å². The smallest absolute Gasteiger partial charge is 0.305 e. The summed E-state index contributed by atoms with van der Waals surface area (Å²) in [7, 11) is -1.98. The van der Waals surface area contributed by atoms with Crippen LogP contribution < -0.4 is 4.72 Å². The third-order valence-corrected chi connectivity index (χ3v) is 8.29. The van der Waals surface area contributed by atoms with E-state index in [4.69, 9.17) is 0 Å². The number of aryl methyl sites for hydroxylation is 1. The van der Waals surface area contributed by atoms with E-state index in [9.17, 15) is 13.2 Å². The number of hydrogen-bond acceptors (Lipinski definition) is 4. The predicted octanol–water partition coefficient (Wildman–Crippen LogP) is 4.76. The topological polar surface area (TPSA) is 72.5 Å². The minimum atomic E-state index is -3.39. The summed E-state index contributed by atoms with van der Waals surface area (Å²) in [6, 6.07) is 9.73. The number of unbranched alkanes of at least 4 members (excludes halogenated alkanes) is 1. The molecular formula is C25H35NO4S. The Kier molecular flexibility index (Phi) is 7.63. The van der Waals surface area contributed by atoms with Crippen molar-refractivity contribution in [3.8, 4) is 0 Å². The van der Waals surface area contributed by atoms with Crippen molar-refractivity contribution in [2.45, 2.75) is 58.8 Å². The lowest BCUT2D eigenvalue weighted by atomic mass is 9.48. The predicted molar refractivity (Wildman–Crippen MR) is 124 cm³/mol. The number of carbonyl (C=O) groups is 1. The quantitative estimate of drug-likeness (QED) is 0.303. The summed E-state index contributed by atoms with van der Waals surface area (Å²) in [6.07, 6.45) is 9.44. The molecule has 0 saturated heterocycles. The van der Waals surface area contributed by atoms with Crippen molar-refractivity contribution >= 4 is 16.0 Å².